The van der Waals surface area contributed by atoms with Crippen LogP contribution in [0.15, 0.2) is 54.7 Å². The van der Waals surface area contributed by atoms with Crippen LogP contribution in [0.1, 0.15) is 15.9 Å². The van der Waals surface area contributed by atoms with Crippen LogP contribution >= 0.6 is 11.6 Å². The van der Waals surface area contributed by atoms with Crippen molar-refractivity contribution in [1.29, 1.82) is 0 Å². The Balaban J connectivity index is 1.24. The average molecular weight is 455 g/mol. The lowest BCUT2D eigenvalue weighted by molar-refractivity contribution is -0.139. The predicted octanol–water partition coefficient (Wildman–Crippen LogP) is 2.09. The molecule has 1 aromatic heterocycles. The summed E-state index contributed by atoms with van der Waals surface area (Å²) in [5, 5.41) is 6.81. The number of fused-ring (bicyclic) bond motifs is 1. The second-order valence-electron chi connectivity index (χ2n) is 7.41. The molecule has 0 radical (unpaired) electrons. The van der Waals surface area contributed by atoms with Crippen molar-refractivity contribution in [1.82, 2.24) is 20.5 Å². The summed E-state index contributed by atoms with van der Waals surface area (Å²) in [6.07, 6.45) is 1.86. The number of rotatable bonds is 6. The molecule has 0 bridgehead atoms. The first-order valence-corrected chi connectivity index (χ1v) is 10.7. The first-order valence-electron chi connectivity index (χ1n) is 10.3. The number of H-pyrrole nitrogens is 1. The highest BCUT2D eigenvalue weighted by Gasteiger charge is 2.31. The maximum absolute atomic E-state index is 12.7. The normalized spacial score (nSPS) is 15.7. The Hall–Kier alpha value is -3.36. The molecule has 3 aromatic rings. The Kier molecular flexibility index (Phi) is 6.72. The molecular formula is C23H23ClN4O4. The first kappa shape index (κ1) is 21.9. The topological polar surface area (TPSA) is 104 Å². The van der Waals surface area contributed by atoms with Gasteiger partial charge in [-0.1, -0.05) is 29.8 Å². The zero-order valence-corrected chi connectivity index (χ0v) is 18.0. The van der Waals surface area contributed by atoms with Crippen molar-refractivity contribution in [2.45, 2.75) is 12.6 Å². The summed E-state index contributed by atoms with van der Waals surface area (Å²) in [7, 11) is 0. The monoisotopic (exact) mass is 454 g/mol. The standard InChI is InChI=1S/C23H23ClN4O4/c24-17-7-5-15(6-8-17)23(31)28-11-12-32-20(28)14-27-22(30)21(29)25-10-9-16-13-26-19-4-2-1-3-18(16)19/h1-8,13,20,26H,9-12,14H2,(H,25,29)(H,27,30)/t20-/m1/s1. The Morgan fingerprint density at radius 1 is 1.06 bits per heavy atom. The van der Waals surface area contributed by atoms with E-state index in [-0.39, 0.29) is 12.5 Å². The third-order valence-electron chi connectivity index (χ3n) is 5.34. The van der Waals surface area contributed by atoms with Crippen molar-refractivity contribution in [3.05, 3.63) is 70.9 Å². The number of hydrogen-bond acceptors (Lipinski definition) is 4. The van der Waals surface area contributed by atoms with Crippen molar-refractivity contribution in [2.24, 2.45) is 0 Å². The second-order valence-corrected chi connectivity index (χ2v) is 7.84. The zero-order valence-electron chi connectivity index (χ0n) is 17.3. The van der Waals surface area contributed by atoms with E-state index in [0.29, 0.717) is 36.7 Å². The molecule has 0 spiro atoms. The number of nitrogens with one attached hydrogen (secondary N) is 3. The number of carbonyl (C=O) groups excluding carboxylic acids is 3. The molecule has 1 aliphatic heterocycles. The number of aromatic amines is 1. The van der Waals surface area contributed by atoms with Gasteiger partial charge in [-0.2, -0.15) is 0 Å². The number of carbonyl (C=O) groups is 3. The number of ether oxygens (including phenoxy) is 1. The average Bonchev–Trinajstić information content (AvgIpc) is 3.44. The molecule has 0 aliphatic carbocycles. The molecule has 2 heterocycles. The van der Waals surface area contributed by atoms with Gasteiger partial charge in [-0.3, -0.25) is 14.4 Å². The van der Waals surface area contributed by atoms with Crippen LogP contribution in [-0.2, 0) is 20.7 Å². The highest BCUT2D eigenvalue weighted by Crippen LogP contribution is 2.18. The molecule has 9 heteroatoms. The Bertz CT molecular complexity index is 1130. The van der Waals surface area contributed by atoms with Gasteiger partial charge in [0.25, 0.3) is 5.91 Å². The summed E-state index contributed by atoms with van der Waals surface area (Å²) in [5.74, 6) is -1.71. The predicted molar refractivity (Wildman–Crippen MR) is 120 cm³/mol. The zero-order chi connectivity index (χ0) is 22.5. The third kappa shape index (κ3) is 4.92. The van der Waals surface area contributed by atoms with Crippen molar-refractivity contribution in [3.63, 3.8) is 0 Å². The minimum Gasteiger partial charge on any atom is -0.361 e. The number of halogens is 1. The summed E-state index contributed by atoms with van der Waals surface area (Å²) in [5.41, 5.74) is 2.57. The number of hydrogen-bond donors (Lipinski definition) is 3. The lowest BCUT2D eigenvalue weighted by Gasteiger charge is -2.23. The van der Waals surface area contributed by atoms with Crippen LogP contribution in [0.4, 0.5) is 0 Å². The number of aromatic nitrogens is 1. The van der Waals surface area contributed by atoms with Gasteiger partial charge in [0, 0.05) is 40.8 Å². The Morgan fingerprint density at radius 3 is 2.62 bits per heavy atom. The third-order valence-corrected chi connectivity index (χ3v) is 5.59. The van der Waals surface area contributed by atoms with E-state index in [1.807, 2.05) is 30.5 Å². The van der Waals surface area contributed by atoms with Crippen molar-refractivity contribution in [2.75, 3.05) is 26.2 Å². The second kappa shape index (κ2) is 9.84. The number of para-hydroxylation sites is 1. The molecule has 166 valence electrons. The Labute approximate surface area is 189 Å². The maximum Gasteiger partial charge on any atom is 0.309 e. The smallest absolute Gasteiger partial charge is 0.309 e. The minimum atomic E-state index is -0.765. The first-order chi connectivity index (χ1) is 15.5. The summed E-state index contributed by atoms with van der Waals surface area (Å²) in [6.45, 7) is 1.11. The van der Waals surface area contributed by atoms with E-state index < -0.39 is 18.0 Å². The molecule has 3 amide bonds. The van der Waals surface area contributed by atoms with Crippen LogP contribution < -0.4 is 10.6 Å². The molecule has 4 rings (SSSR count). The largest absolute Gasteiger partial charge is 0.361 e. The van der Waals surface area contributed by atoms with Crippen LogP contribution in [0.3, 0.4) is 0 Å². The van der Waals surface area contributed by atoms with Crippen LogP contribution in [0, 0.1) is 0 Å². The summed E-state index contributed by atoms with van der Waals surface area (Å²) in [6, 6.07) is 14.5. The summed E-state index contributed by atoms with van der Waals surface area (Å²) in [4.78, 5) is 41.7. The van der Waals surface area contributed by atoms with Gasteiger partial charge in [0.15, 0.2) is 0 Å². The van der Waals surface area contributed by atoms with Crippen LogP contribution in [-0.4, -0.2) is 60.1 Å². The van der Waals surface area contributed by atoms with Crippen LogP contribution in [0.5, 0.6) is 0 Å². The van der Waals surface area contributed by atoms with E-state index in [9.17, 15) is 14.4 Å². The number of nitrogens with zero attached hydrogens (tertiary/aromatic N) is 1. The van der Waals surface area contributed by atoms with Crippen molar-refractivity contribution < 1.29 is 19.1 Å². The van der Waals surface area contributed by atoms with E-state index in [2.05, 4.69) is 15.6 Å². The van der Waals surface area contributed by atoms with Gasteiger partial charge in [0.2, 0.25) is 0 Å². The minimum absolute atomic E-state index is 0.0219. The van der Waals surface area contributed by atoms with Gasteiger partial charge in [0.05, 0.1) is 13.2 Å². The van der Waals surface area contributed by atoms with Crippen LogP contribution in [0.2, 0.25) is 5.02 Å². The van der Waals surface area contributed by atoms with Crippen molar-refractivity contribution >= 4 is 40.2 Å². The molecule has 1 atom stereocenters. The number of amides is 3. The van der Waals surface area contributed by atoms with Gasteiger partial charge in [-0.05, 0) is 42.3 Å². The van der Waals surface area contributed by atoms with E-state index in [1.54, 1.807) is 24.3 Å². The maximum atomic E-state index is 12.7. The van der Waals surface area contributed by atoms with Gasteiger partial charge < -0.3 is 25.3 Å². The summed E-state index contributed by atoms with van der Waals surface area (Å²) < 4.78 is 5.56. The van der Waals surface area contributed by atoms with E-state index in [0.717, 1.165) is 16.5 Å². The Morgan fingerprint density at radius 2 is 1.81 bits per heavy atom. The highest BCUT2D eigenvalue weighted by atomic mass is 35.5. The molecule has 0 unspecified atom stereocenters. The highest BCUT2D eigenvalue weighted by molar-refractivity contribution is 6.35. The van der Waals surface area contributed by atoms with Gasteiger partial charge in [-0.25, -0.2) is 0 Å². The molecule has 2 aromatic carbocycles. The molecule has 1 saturated heterocycles. The number of benzene rings is 2. The molecule has 8 nitrogen and oxygen atoms in total. The lowest BCUT2D eigenvalue weighted by atomic mass is 10.1. The quantitative estimate of drug-likeness (QED) is 0.496. The van der Waals surface area contributed by atoms with Gasteiger partial charge in [-0.15, -0.1) is 0 Å². The molecule has 32 heavy (non-hydrogen) atoms. The molecule has 0 saturated carbocycles. The van der Waals surface area contributed by atoms with E-state index in [4.69, 9.17) is 16.3 Å². The van der Waals surface area contributed by atoms with Gasteiger partial charge in [0.1, 0.15) is 6.23 Å². The fraction of sp³-hybridized carbons (Fsp3) is 0.261. The SMILES string of the molecule is O=C(NCCc1c[nH]c2ccccc12)C(=O)NC[C@H]1OCCN1C(=O)c1ccc(Cl)cc1. The molecular weight excluding hydrogens is 432 g/mol. The van der Waals surface area contributed by atoms with E-state index >= 15 is 0 Å². The molecule has 3 N–H and O–H groups in total. The molecule has 1 aliphatic rings. The fourth-order valence-corrected chi connectivity index (χ4v) is 3.80. The van der Waals surface area contributed by atoms with E-state index in [1.165, 1.54) is 4.90 Å². The molecule has 1 fully saturated rings. The summed E-state index contributed by atoms with van der Waals surface area (Å²) >= 11 is 5.87. The van der Waals surface area contributed by atoms with Crippen LogP contribution in [0.25, 0.3) is 10.9 Å². The van der Waals surface area contributed by atoms with Gasteiger partial charge >= 0.3 is 11.8 Å². The lowest BCUT2D eigenvalue weighted by Crippen LogP contribution is -2.47. The van der Waals surface area contributed by atoms with Crippen molar-refractivity contribution in [3.8, 4) is 0 Å². The fourth-order valence-electron chi connectivity index (χ4n) is 3.67.